The molecule has 15 heavy (non-hydrogen) atoms. The number of thiophene rings is 2. The molecule has 80 valence electrons. The summed E-state index contributed by atoms with van der Waals surface area (Å²) >= 11 is 16.6. The Labute approximate surface area is 119 Å². The van der Waals surface area contributed by atoms with Crippen LogP contribution in [0, 0.1) is 6.92 Å². The first kappa shape index (κ1) is 12.1. The van der Waals surface area contributed by atoms with E-state index in [2.05, 4.69) is 50.9 Å². The fraction of sp³-hybridized carbons (Fsp3) is 0.200. The number of aryl methyl sites for hydroxylation is 1. The molecule has 0 aliphatic rings. The van der Waals surface area contributed by atoms with Gasteiger partial charge in [-0.3, -0.25) is 0 Å². The van der Waals surface area contributed by atoms with E-state index in [0.29, 0.717) is 0 Å². The molecule has 2 heterocycles. The molecule has 0 aliphatic carbocycles. The lowest BCUT2D eigenvalue weighted by Crippen LogP contribution is -1.83. The van der Waals surface area contributed by atoms with E-state index >= 15 is 0 Å². The lowest BCUT2D eigenvalue weighted by atomic mass is 10.3. The van der Waals surface area contributed by atoms with Crippen LogP contribution < -0.4 is 0 Å². The van der Waals surface area contributed by atoms with Crippen molar-refractivity contribution in [2.75, 3.05) is 0 Å². The van der Waals surface area contributed by atoms with E-state index < -0.39 is 0 Å². The van der Waals surface area contributed by atoms with Gasteiger partial charge in [0.2, 0.25) is 0 Å². The SMILES string of the molecule is Cc1ccc(C(Br)c2cc(Cl)c(Br)s2)s1. The third kappa shape index (κ3) is 2.67. The highest BCUT2D eigenvalue weighted by molar-refractivity contribution is 9.11. The Morgan fingerprint density at radius 1 is 1.27 bits per heavy atom. The van der Waals surface area contributed by atoms with Gasteiger partial charge in [-0.1, -0.05) is 27.5 Å². The quantitative estimate of drug-likeness (QED) is 0.554. The minimum atomic E-state index is 0.255. The second-order valence-corrected chi connectivity index (χ2v) is 8.13. The van der Waals surface area contributed by atoms with Gasteiger partial charge in [-0.15, -0.1) is 22.7 Å². The Balaban J connectivity index is 2.31. The Kier molecular flexibility index (Phi) is 3.94. The molecule has 0 saturated carbocycles. The van der Waals surface area contributed by atoms with Gasteiger partial charge in [-0.2, -0.15) is 0 Å². The zero-order chi connectivity index (χ0) is 11.0. The topological polar surface area (TPSA) is 0 Å². The molecule has 0 nitrogen and oxygen atoms in total. The maximum absolute atomic E-state index is 6.01. The van der Waals surface area contributed by atoms with E-state index in [1.807, 2.05) is 17.4 Å². The first-order chi connectivity index (χ1) is 7.08. The summed E-state index contributed by atoms with van der Waals surface area (Å²) < 4.78 is 0.997. The van der Waals surface area contributed by atoms with E-state index in [9.17, 15) is 0 Å². The average molecular weight is 387 g/mol. The molecule has 2 aromatic rings. The van der Waals surface area contributed by atoms with Crippen LogP contribution in [0.1, 0.15) is 19.5 Å². The standard InChI is InChI=1S/C10H7Br2ClS2/c1-5-2-3-7(14-5)9(11)8-4-6(13)10(12)15-8/h2-4,9H,1H3. The number of rotatable bonds is 2. The highest BCUT2D eigenvalue weighted by Gasteiger charge is 2.16. The Morgan fingerprint density at radius 3 is 2.47 bits per heavy atom. The lowest BCUT2D eigenvalue weighted by Gasteiger charge is -2.03. The minimum Gasteiger partial charge on any atom is -0.144 e. The maximum atomic E-state index is 6.01. The molecule has 0 fully saturated rings. The summed E-state index contributed by atoms with van der Waals surface area (Å²) in [7, 11) is 0. The van der Waals surface area contributed by atoms with Crippen molar-refractivity contribution in [3.05, 3.63) is 41.6 Å². The van der Waals surface area contributed by atoms with Crippen molar-refractivity contribution in [3.8, 4) is 0 Å². The predicted molar refractivity (Wildman–Crippen MR) is 76.9 cm³/mol. The third-order valence-electron chi connectivity index (χ3n) is 1.92. The largest absolute Gasteiger partial charge is 0.144 e. The van der Waals surface area contributed by atoms with Gasteiger partial charge in [0.25, 0.3) is 0 Å². The van der Waals surface area contributed by atoms with E-state index in [0.717, 1.165) is 8.81 Å². The van der Waals surface area contributed by atoms with Crippen molar-refractivity contribution in [2.45, 2.75) is 11.8 Å². The van der Waals surface area contributed by atoms with E-state index in [4.69, 9.17) is 11.6 Å². The first-order valence-electron chi connectivity index (χ1n) is 4.23. The highest BCUT2D eigenvalue weighted by atomic mass is 79.9. The second-order valence-electron chi connectivity index (χ2n) is 3.08. The van der Waals surface area contributed by atoms with Gasteiger partial charge in [0.1, 0.15) is 0 Å². The summed E-state index contributed by atoms with van der Waals surface area (Å²) in [5, 5.41) is 0.785. The van der Waals surface area contributed by atoms with Crippen molar-refractivity contribution in [1.29, 1.82) is 0 Å². The smallest absolute Gasteiger partial charge is 0.0887 e. The Hall–Kier alpha value is 0.650. The zero-order valence-corrected chi connectivity index (χ0v) is 13.3. The summed E-state index contributed by atoms with van der Waals surface area (Å²) in [4.78, 5) is 4.13. The molecule has 0 aliphatic heterocycles. The summed E-state index contributed by atoms with van der Waals surface area (Å²) in [6.07, 6.45) is 0. The van der Waals surface area contributed by atoms with Crippen LogP contribution >= 0.6 is 66.1 Å². The first-order valence-corrected chi connectivity index (χ1v) is 7.95. The number of alkyl halides is 1. The summed E-state index contributed by atoms with van der Waals surface area (Å²) in [6, 6.07) is 6.30. The zero-order valence-electron chi connectivity index (χ0n) is 7.76. The molecule has 2 aromatic heterocycles. The monoisotopic (exact) mass is 384 g/mol. The molecule has 0 aromatic carbocycles. The molecular formula is C10H7Br2ClS2. The van der Waals surface area contributed by atoms with E-state index in [1.165, 1.54) is 14.6 Å². The van der Waals surface area contributed by atoms with Crippen LogP contribution in [0.15, 0.2) is 22.0 Å². The van der Waals surface area contributed by atoms with Gasteiger partial charge in [-0.25, -0.2) is 0 Å². The molecule has 5 heteroatoms. The normalized spacial score (nSPS) is 13.1. The van der Waals surface area contributed by atoms with E-state index in [1.54, 1.807) is 11.3 Å². The maximum Gasteiger partial charge on any atom is 0.0887 e. The summed E-state index contributed by atoms with van der Waals surface area (Å²) in [5.74, 6) is 0. The number of hydrogen-bond acceptors (Lipinski definition) is 2. The molecule has 2 rings (SSSR count). The van der Waals surface area contributed by atoms with Crippen LogP contribution in [0.3, 0.4) is 0 Å². The fourth-order valence-corrected chi connectivity index (χ4v) is 4.76. The van der Waals surface area contributed by atoms with Crippen molar-refractivity contribution in [1.82, 2.24) is 0 Å². The Bertz CT molecular complexity index is 456. The van der Waals surface area contributed by atoms with Gasteiger partial charge >= 0.3 is 0 Å². The molecule has 0 amide bonds. The molecule has 1 atom stereocenters. The molecule has 1 unspecified atom stereocenters. The highest BCUT2D eigenvalue weighted by Crippen LogP contribution is 2.42. The third-order valence-corrected chi connectivity index (χ3v) is 7.12. The average Bonchev–Trinajstić information content (AvgIpc) is 2.74. The molecule has 0 bridgehead atoms. The fourth-order valence-electron chi connectivity index (χ4n) is 1.22. The van der Waals surface area contributed by atoms with Crippen molar-refractivity contribution < 1.29 is 0 Å². The Morgan fingerprint density at radius 2 is 2.00 bits per heavy atom. The number of hydrogen-bond donors (Lipinski definition) is 0. The van der Waals surface area contributed by atoms with Crippen LogP contribution in [0.4, 0.5) is 0 Å². The molecule has 0 N–H and O–H groups in total. The van der Waals surface area contributed by atoms with Gasteiger partial charge in [0.15, 0.2) is 0 Å². The minimum absolute atomic E-state index is 0.255. The van der Waals surface area contributed by atoms with Gasteiger partial charge in [0.05, 0.1) is 13.6 Å². The molecular weight excluding hydrogens is 380 g/mol. The summed E-state index contributed by atoms with van der Waals surface area (Å²) in [6.45, 7) is 2.12. The van der Waals surface area contributed by atoms with Crippen LogP contribution in [0.2, 0.25) is 5.02 Å². The molecule has 0 radical (unpaired) electrons. The molecule has 0 saturated heterocycles. The van der Waals surface area contributed by atoms with Crippen molar-refractivity contribution in [3.63, 3.8) is 0 Å². The van der Waals surface area contributed by atoms with E-state index in [-0.39, 0.29) is 4.83 Å². The molecule has 0 spiro atoms. The van der Waals surface area contributed by atoms with Gasteiger partial charge < -0.3 is 0 Å². The van der Waals surface area contributed by atoms with Crippen LogP contribution in [-0.4, -0.2) is 0 Å². The van der Waals surface area contributed by atoms with Crippen LogP contribution in [-0.2, 0) is 0 Å². The van der Waals surface area contributed by atoms with Crippen molar-refractivity contribution >= 4 is 66.1 Å². The predicted octanol–water partition coefficient (Wildman–Crippen LogP) is 6.02. The summed E-state index contributed by atoms with van der Waals surface area (Å²) in [5.41, 5.74) is 0. The second kappa shape index (κ2) is 4.88. The number of halogens is 3. The van der Waals surface area contributed by atoms with Gasteiger partial charge in [-0.05, 0) is 41.1 Å². The van der Waals surface area contributed by atoms with Crippen LogP contribution in [0.25, 0.3) is 0 Å². The van der Waals surface area contributed by atoms with Crippen LogP contribution in [0.5, 0.6) is 0 Å². The van der Waals surface area contributed by atoms with Gasteiger partial charge in [0, 0.05) is 14.6 Å². The lowest BCUT2D eigenvalue weighted by molar-refractivity contribution is 1.29. The van der Waals surface area contributed by atoms with Crippen molar-refractivity contribution in [2.24, 2.45) is 0 Å².